The summed E-state index contributed by atoms with van der Waals surface area (Å²) in [7, 11) is 1.83. The maximum atomic E-state index is 13.2. The predicted molar refractivity (Wildman–Crippen MR) is 118 cm³/mol. The largest absolute Gasteiger partial charge is 0.467 e. The number of carbonyl (C=O) groups excluding carboxylic acids is 1. The molecule has 4 heterocycles. The van der Waals surface area contributed by atoms with Gasteiger partial charge in [0.2, 0.25) is 0 Å². The minimum absolute atomic E-state index is 0.107. The molecule has 9 heteroatoms. The highest BCUT2D eigenvalue weighted by Crippen LogP contribution is 2.34. The highest BCUT2D eigenvalue weighted by atomic mass is 32.2. The van der Waals surface area contributed by atoms with Gasteiger partial charge in [0, 0.05) is 13.5 Å². The van der Waals surface area contributed by atoms with E-state index in [0.29, 0.717) is 6.42 Å². The second-order valence-corrected chi connectivity index (χ2v) is 8.32. The van der Waals surface area contributed by atoms with Gasteiger partial charge in [-0.25, -0.2) is 15.0 Å². The van der Waals surface area contributed by atoms with Crippen molar-refractivity contribution in [2.45, 2.75) is 24.4 Å². The third-order valence-electron chi connectivity index (χ3n) is 5.25. The van der Waals surface area contributed by atoms with Crippen molar-refractivity contribution in [3.8, 4) is 0 Å². The standard InChI is InChI=1S/C22H20N6O2S/c1-14-5-7-15(8-6-14)17-10-18(19-4-3-9-30-19)28(26-17)20(29)12-31-22-16-11-25-27(2)21(16)23-13-24-22/h3-9,11,13,18H,10,12H2,1-2H3. The maximum Gasteiger partial charge on any atom is 0.253 e. The monoisotopic (exact) mass is 432 g/mol. The molecule has 4 aromatic rings. The van der Waals surface area contributed by atoms with Crippen LogP contribution in [0.3, 0.4) is 0 Å². The molecule has 1 unspecified atom stereocenters. The summed E-state index contributed by atoms with van der Waals surface area (Å²) in [5.41, 5.74) is 3.80. The van der Waals surface area contributed by atoms with Crippen LogP contribution >= 0.6 is 11.8 Å². The topological polar surface area (TPSA) is 89.4 Å². The van der Waals surface area contributed by atoms with Gasteiger partial charge in [-0.1, -0.05) is 41.6 Å². The Morgan fingerprint density at radius 2 is 2.06 bits per heavy atom. The number of benzene rings is 1. The van der Waals surface area contributed by atoms with Gasteiger partial charge in [-0.3, -0.25) is 9.48 Å². The number of carbonyl (C=O) groups is 1. The number of nitrogens with zero attached hydrogens (tertiary/aromatic N) is 6. The van der Waals surface area contributed by atoms with Crippen LogP contribution in [0.15, 0.2) is 69.7 Å². The average Bonchev–Trinajstić information content (AvgIpc) is 3.53. The lowest BCUT2D eigenvalue weighted by Crippen LogP contribution is -2.28. The molecule has 3 aromatic heterocycles. The summed E-state index contributed by atoms with van der Waals surface area (Å²) in [4.78, 5) is 21.8. The van der Waals surface area contributed by atoms with Crippen LogP contribution in [-0.4, -0.2) is 42.1 Å². The summed E-state index contributed by atoms with van der Waals surface area (Å²) in [5.74, 6) is 0.813. The smallest absolute Gasteiger partial charge is 0.253 e. The Morgan fingerprint density at radius 3 is 2.84 bits per heavy atom. The molecule has 0 fully saturated rings. The van der Waals surface area contributed by atoms with E-state index in [1.54, 1.807) is 22.2 Å². The molecule has 5 rings (SSSR count). The molecule has 0 saturated carbocycles. The number of thioether (sulfide) groups is 1. The van der Waals surface area contributed by atoms with Crippen LogP contribution in [0.1, 0.15) is 29.3 Å². The van der Waals surface area contributed by atoms with Crippen molar-refractivity contribution in [3.63, 3.8) is 0 Å². The first kappa shape index (κ1) is 19.5. The van der Waals surface area contributed by atoms with Gasteiger partial charge in [0.1, 0.15) is 23.2 Å². The Balaban J connectivity index is 1.39. The molecule has 0 N–H and O–H groups in total. The minimum atomic E-state index is -0.261. The van der Waals surface area contributed by atoms with Gasteiger partial charge in [0.05, 0.1) is 29.3 Å². The van der Waals surface area contributed by atoms with E-state index in [9.17, 15) is 4.79 Å². The van der Waals surface area contributed by atoms with Crippen LogP contribution in [0.4, 0.5) is 0 Å². The number of hydrogen-bond donors (Lipinski definition) is 0. The molecule has 1 amide bonds. The summed E-state index contributed by atoms with van der Waals surface area (Å²) in [6.45, 7) is 2.05. The molecule has 0 aliphatic carbocycles. The maximum absolute atomic E-state index is 13.2. The van der Waals surface area contributed by atoms with E-state index in [0.717, 1.165) is 33.1 Å². The van der Waals surface area contributed by atoms with Crippen LogP contribution in [-0.2, 0) is 11.8 Å². The van der Waals surface area contributed by atoms with Gasteiger partial charge in [-0.05, 0) is 24.6 Å². The van der Waals surface area contributed by atoms with E-state index in [2.05, 4.69) is 20.2 Å². The Morgan fingerprint density at radius 1 is 1.23 bits per heavy atom. The predicted octanol–water partition coefficient (Wildman–Crippen LogP) is 3.73. The Bertz CT molecular complexity index is 1260. The van der Waals surface area contributed by atoms with E-state index >= 15 is 0 Å². The Kier molecular flexibility index (Phi) is 5.03. The van der Waals surface area contributed by atoms with Gasteiger partial charge in [-0.15, -0.1) is 0 Å². The first-order valence-electron chi connectivity index (χ1n) is 9.85. The summed E-state index contributed by atoms with van der Waals surface area (Å²) in [6, 6.07) is 11.6. The number of aryl methyl sites for hydroxylation is 2. The number of aromatic nitrogens is 4. The lowest BCUT2D eigenvalue weighted by molar-refractivity contribution is -0.130. The normalized spacial score (nSPS) is 16.1. The Labute approximate surface area is 183 Å². The van der Waals surface area contributed by atoms with Crippen molar-refractivity contribution in [2.24, 2.45) is 12.1 Å². The summed E-state index contributed by atoms with van der Waals surface area (Å²) >= 11 is 1.36. The molecule has 156 valence electrons. The molecule has 0 saturated heterocycles. The molecule has 1 aliphatic rings. The molecule has 1 aliphatic heterocycles. The van der Waals surface area contributed by atoms with Crippen LogP contribution in [0.2, 0.25) is 0 Å². The van der Waals surface area contributed by atoms with Gasteiger partial charge in [0.15, 0.2) is 5.65 Å². The molecule has 8 nitrogen and oxygen atoms in total. The molecule has 31 heavy (non-hydrogen) atoms. The van der Waals surface area contributed by atoms with Crippen LogP contribution in [0, 0.1) is 6.92 Å². The van der Waals surface area contributed by atoms with Crippen molar-refractivity contribution >= 4 is 34.4 Å². The van der Waals surface area contributed by atoms with Gasteiger partial charge < -0.3 is 4.42 Å². The number of hydrazone groups is 1. The molecule has 0 spiro atoms. The zero-order valence-electron chi connectivity index (χ0n) is 17.1. The van der Waals surface area contributed by atoms with Gasteiger partial charge in [0.25, 0.3) is 5.91 Å². The quantitative estimate of drug-likeness (QED) is 0.353. The van der Waals surface area contributed by atoms with Crippen molar-refractivity contribution in [1.29, 1.82) is 0 Å². The molecular weight excluding hydrogens is 412 g/mol. The molecule has 0 bridgehead atoms. The summed E-state index contributed by atoms with van der Waals surface area (Å²) in [6.07, 6.45) is 5.44. The molecular formula is C22H20N6O2S. The average molecular weight is 433 g/mol. The van der Waals surface area contributed by atoms with Gasteiger partial charge >= 0.3 is 0 Å². The van der Waals surface area contributed by atoms with E-state index in [1.165, 1.54) is 23.7 Å². The van der Waals surface area contributed by atoms with Crippen LogP contribution < -0.4 is 0 Å². The fourth-order valence-corrected chi connectivity index (χ4v) is 4.43. The van der Waals surface area contributed by atoms with Crippen molar-refractivity contribution in [2.75, 3.05) is 5.75 Å². The lowest BCUT2D eigenvalue weighted by Gasteiger charge is -2.19. The third-order valence-corrected chi connectivity index (χ3v) is 6.24. The van der Waals surface area contributed by atoms with Crippen molar-refractivity contribution < 1.29 is 9.21 Å². The molecule has 1 aromatic carbocycles. The summed E-state index contributed by atoms with van der Waals surface area (Å²) in [5, 5.41) is 12.0. The Hall–Kier alpha value is -3.46. The number of hydrogen-bond acceptors (Lipinski definition) is 7. The van der Waals surface area contributed by atoms with E-state index < -0.39 is 0 Å². The zero-order valence-corrected chi connectivity index (χ0v) is 17.9. The lowest BCUT2D eigenvalue weighted by atomic mass is 10.0. The minimum Gasteiger partial charge on any atom is -0.467 e. The first-order valence-corrected chi connectivity index (χ1v) is 10.8. The number of amides is 1. The fourth-order valence-electron chi connectivity index (χ4n) is 3.62. The third kappa shape index (κ3) is 3.72. The number of furan rings is 1. The highest BCUT2D eigenvalue weighted by Gasteiger charge is 2.34. The fraction of sp³-hybridized carbons (Fsp3) is 0.227. The van der Waals surface area contributed by atoms with E-state index in [1.807, 2.05) is 50.4 Å². The number of fused-ring (bicyclic) bond motifs is 1. The zero-order chi connectivity index (χ0) is 21.4. The van der Waals surface area contributed by atoms with Gasteiger partial charge in [-0.2, -0.15) is 10.2 Å². The highest BCUT2D eigenvalue weighted by molar-refractivity contribution is 8.00. The van der Waals surface area contributed by atoms with Crippen molar-refractivity contribution in [3.05, 3.63) is 72.1 Å². The second kappa shape index (κ2) is 7.99. The van der Waals surface area contributed by atoms with Crippen LogP contribution in [0.25, 0.3) is 11.0 Å². The van der Waals surface area contributed by atoms with Crippen molar-refractivity contribution in [1.82, 2.24) is 24.8 Å². The first-order chi connectivity index (χ1) is 15.1. The van der Waals surface area contributed by atoms with Crippen LogP contribution in [0.5, 0.6) is 0 Å². The van der Waals surface area contributed by atoms with E-state index in [-0.39, 0.29) is 17.7 Å². The second-order valence-electron chi connectivity index (χ2n) is 7.36. The summed E-state index contributed by atoms with van der Waals surface area (Å²) < 4.78 is 7.31. The SMILES string of the molecule is Cc1ccc(C2=NN(C(=O)CSc3ncnc4c3cnn4C)C(c3ccco3)C2)cc1. The van der Waals surface area contributed by atoms with E-state index in [4.69, 9.17) is 4.42 Å². The number of rotatable bonds is 5. The molecule has 1 atom stereocenters. The molecule has 0 radical (unpaired) electrons.